The summed E-state index contributed by atoms with van der Waals surface area (Å²) in [5.41, 5.74) is 6.22. The van der Waals surface area contributed by atoms with Gasteiger partial charge in [-0.2, -0.15) is 4.98 Å². The van der Waals surface area contributed by atoms with Crippen molar-refractivity contribution in [3.05, 3.63) is 11.7 Å². The van der Waals surface area contributed by atoms with Gasteiger partial charge in [0.25, 0.3) is 0 Å². The highest BCUT2D eigenvalue weighted by molar-refractivity contribution is 5.32. The molecular weight excluding hydrogens is 154 g/mol. The van der Waals surface area contributed by atoms with Gasteiger partial charge in [0.15, 0.2) is 5.82 Å². The Morgan fingerprint density at radius 2 is 2.08 bits per heavy atom. The second kappa shape index (κ2) is 1.57. The van der Waals surface area contributed by atoms with Crippen LogP contribution < -0.4 is 5.73 Å². The fourth-order valence-corrected chi connectivity index (χ4v) is 2.61. The van der Waals surface area contributed by atoms with Crippen LogP contribution in [0.2, 0.25) is 0 Å². The number of aromatic nitrogens is 2. The van der Waals surface area contributed by atoms with Crippen LogP contribution in [-0.2, 0) is 5.41 Å². The van der Waals surface area contributed by atoms with Crippen LogP contribution in [0.1, 0.15) is 31.0 Å². The highest BCUT2D eigenvalue weighted by atomic mass is 16.5. The lowest BCUT2D eigenvalue weighted by Crippen LogP contribution is -2.74. The summed E-state index contributed by atoms with van der Waals surface area (Å²) >= 11 is 0. The molecule has 2 bridgehead atoms. The maximum atomic E-state index is 5.93. The van der Waals surface area contributed by atoms with Crippen LogP contribution in [0, 0.1) is 6.92 Å². The number of hydrogen-bond donors (Lipinski definition) is 1. The van der Waals surface area contributed by atoms with Crippen LogP contribution >= 0.6 is 0 Å². The average molecular weight is 165 g/mol. The molecule has 4 heteroatoms. The quantitative estimate of drug-likeness (QED) is 0.658. The summed E-state index contributed by atoms with van der Waals surface area (Å²) in [5.74, 6) is 1.52. The lowest BCUT2D eigenvalue weighted by molar-refractivity contribution is -0.0793. The van der Waals surface area contributed by atoms with Crippen molar-refractivity contribution in [3.8, 4) is 0 Å². The van der Waals surface area contributed by atoms with Gasteiger partial charge in [0.2, 0.25) is 5.89 Å². The largest absolute Gasteiger partial charge is 0.339 e. The average Bonchev–Trinajstić information content (AvgIpc) is 2.26. The molecule has 0 aromatic carbocycles. The van der Waals surface area contributed by atoms with Crippen LogP contribution in [-0.4, -0.2) is 15.7 Å². The highest BCUT2D eigenvalue weighted by Crippen LogP contribution is 2.65. The van der Waals surface area contributed by atoms with E-state index in [1.54, 1.807) is 0 Å². The van der Waals surface area contributed by atoms with E-state index in [0.29, 0.717) is 0 Å². The Morgan fingerprint density at radius 1 is 1.42 bits per heavy atom. The number of nitrogens with two attached hydrogens (primary N) is 1. The molecule has 12 heavy (non-hydrogen) atoms. The van der Waals surface area contributed by atoms with E-state index in [2.05, 4.69) is 10.1 Å². The second-order valence-corrected chi connectivity index (χ2v) is 4.32. The monoisotopic (exact) mass is 165 g/mol. The maximum absolute atomic E-state index is 5.93. The molecule has 3 fully saturated rings. The summed E-state index contributed by atoms with van der Waals surface area (Å²) in [6.45, 7) is 1.84. The van der Waals surface area contributed by atoms with E-state index < -0.39 is 0 Å². The molecule has 0 saturated heterocycles. The molecule has 4 nitrogen and oxygen atoms in total. The Labute approximate surface area is 70.1 Å². The normalized spacial score (nSPS) is 43.5. The first-order valence-corrected chi connectivity index (χ1v) is 4.22. The molecule has 0 amide bonds. The van der Waals surface area contributed by atoms with Gasteiger partial charge in [0.05, 0.1) is 5.41 Å². The number of aryl methyl sites for hydroxylation is 1. The Balaban J connectivity index is 1.93. The SMILES string of the molecule is Cc1noc(C23CC(N)(C2)C3)n1. The smallest absolute Gasteiger partial charge is 0.233 e. The molecule has 0 atom stereocenters. The minimum Gasteiger partial charge on any atom is -0.339 e. The third-order valence-corrected chi connectivity index (χ3v) is 3.05. The first kappa shape index (κ1) is 6.60. The number of nitrogens with zero attached hydrogens (tertiary/aromatic N) is 2. The Hall–Kier alpha value is -0.900. The third kappa shape index (κ3) is 0.579. The molecule has 0 spiro atoms. The predicted molar refractivity (Wildman–Crippen MR) is 41.5 cm³/mol. The second-order valence-electron chi connectivity index (χ2n) is 4.32. The number of hydrogen-bond acceptors (Lipinski definition) is 4. The van der Waals surface area contributed by atoms with Crippen molar-refractivity contribution >= 4 is 0 Å². The molecule has 0 unspecified atom stereocenters. The molecule has 1 heterocycles. The molecule has 3 saturated carbocycles. The summed E-state index contributed by atoms with van der Waals surface area (Å²) in [6.07, 6.45) is 3.09. The van der Waals surface area contributed by atoms with Gasteiger partial charge in [-0.15, -0.1) is 0 Å². The fraction of sp³-hybridized carbons (Fsp3) is 0.750. The van der Waals surface area contributed by atoms with Crippen molar-refractivity contribution < 1.29 is 4.52 Å². The van der Waals surface area contributed by atoms with E-state index in [1.165, 1.54) is 0 Å². The molecular formula is C8H11N3O. The van der Waals surface area contributed by atoms with Crippen molar-refractivity contribution in [2.24, 2.45) is 5.73 Å². The fourth-order valence-electron chi connectivity index (χ4n) is 2.61. The van der Waals surface area contributed by atoms with Gasteiger partial charge in [-0.25, -0.2) is 0 Å². The third-order valence-electron chi connectivity index (χ3n) is 3.05. The standard InChI is InChI=1S/C8H11N3O/c1-5-10-6(12-11-5)7-2-8(9,3-7)4-7/h2-4,9H2,1H3. The molecule has 0 radical (unpaired) electrons. The molecule has 3 aliphatic carbocycles. The Bertz CT molecular complexity index is 324. The van der Waals surface area contributed by atoms with Gasteiger partial charge in [-0.05, 0) is 26.2 Å². The minimum atomic E-state index is 0.113. The van der Waals surface area contributed by atoms with Crippen LogP contribution in [0.25, 0.3) is 0 Å². The van der Waals surface area contributed by atoms with Gasteiger partial charge in [-0.3, -0.25) is 0 Å². The van der Waals surface area contributed by atoms with Crippen molar-refractivity contribution in [1.82, 2.24) is 10.1 Å². The molecule has 1 aromatic rings. The summed E-state index contributed by atoms with van der Waals surface area (Å²) in [4.78, 5) is 4.24. The van der Waals surface area contributed by atoms with E-state index in [0.717, 1.165) is 31.0 Å². The van der Waals surface area contributed by atoms with Crippen molar-refractivity contribution in [2.75, 3.05) is 0 Å². The summed E-state index contributed by atoms with van der Waals surface area (Å²) < 4.78 is 5.14. The Kier molecular flexibility index (Phi) is 0.862. The van der Waals surface area contributed by atoms with Crippen LogP contribution in [0.4, 0.5) is 0 Å². The van der Waals surface area contributed by atoms with Crippen LogP contribution in [0.15, 0.2) is 4.52 Å². The Morgan fingerprint density at radius 3 is 2.50 bits per heavy atom. The van der Waals surface area contributed by atoms with E-state index >= 15 is 0 Å². The molecule has 1 aromatic heterocycles. The van der Waals surface area contributed by atoms with Crippen LogP contribution in [0.3, 0.4) is 0 Å². The molecule has 4 rings (SSSR count). The van der Waals surface area contributed by atoms with Crippen molar-refractivity contribution in [1.29, 1.82) is 0 Å². The number of rotatable bonds is 1. The predicted octanol–water partition coefficient (Wildman–Crippen LogP) is 0.511. The molecule has 2 N–H and O–H groups in total. The van der Waals surface area contributed by atoms with Gasteiger partial charge in [-0.1, -0.05) is 5.16 Å². The topological polar surface area (TPSA) is 64.9 Å². The highest BCUT2D eigenvalue weighted by Gasteiger charge is 2.69. The lowest BCUT2D eigenvalue weighted by atomic mass is 9.40. The minimum absolute atomic E-state index is 0.113. The van der Waals surface area contributed by atoms with E-state index in [4.69, 9.17) is 10.3 Å². The van der Waals surface area contributed by atoms with Crippen molar-refractivity contribution in [3.63, 3.8) is 0 Å². The first-order valence-electron chi connectivity index (χ1n) is 4.22. The zero-order valence-electron chi connectivity index (χ0n) is 7.00. The van der Waals surface area contributed by atoms with Gasteiger partial charge >= 0.3 is 0 Å². The zero-order valence-corrected chi connectivity index (χ0v) is 7.00. The zero-order chi connectivity index (χ0) is 8.40. The van der Waals surface area contributed by atoms with E-state index in [-0.39, 0.29) is 11.0 Å². The van der Waals surface area contributed by atoms with Crippen molar-refractivity contribution in [2.45, 2.75) is 37.1 Å². The van der Waals surface area contributed by atoms with E-state index in [9.17, 15) is 0 Å². The molecule has 3 aliphatic rings. The summed E-state index contributed by atoms with van der Waals surface area (Å²) in [5, 5.41) is 3.79. The van der Waals surface area contributed by atoms with Gasteiger partial charge < -0.3 is 10.3 Å². The van der Waals surface area contributed by atoms with E-state index in [1.807, 2.05) is 6.92 Å². The van der Waals surface area contributed by atoms with Crippen LogP contribution in [0.5, 0.6) is 0 Å². The molecule has 64 valence electrons. The maximum Gasteiger partial charge on any atom is 0.233 e. The first-order chi connectivity index (χ1) is 5.62. The lowest BCUT2D eigenvalue weighted by Gasteiger charge is -2.66. The van der Waals surface area contributed by atoms with Gasteiger partial charge in [0, 0.05) is 5.54 Å². The summed E-state index contributed by atoms with van der Waals surface area (Å²) in [7, 11) is 0. The molecule has 0 aliphatic heterocycles. The summed E-state index contributed by atoms with van der Waals surface area (Å²) in [6, 6.07) is 0. The van der Waals surface area contributed by atoms with Gasteiger partial charge in [0.1, 0.15) is 0 Å².